The molecular formula is C34H50N4O6. The van der Waals surface area contributed by atoms with E-state index in [2.05, 4.69) is 42.5 Å². The van der Waals surface area contributed by atoms with E-state index >= 15 is 0 Å². The molecule has 4 amide bonds. The number of amides is 4. The standard InChI is InChI=1S/C34H50N4O6/c1-5-9-12-13-21-34(20-8-4,32(43)37-35-30(41)26-18-16-24(14-10-6-2)22-28(26)39)33(44)38-36-31(42)27-19-17-25(15-11-7-3)23-29(27)40/h16-19,22-23,39-40H,5-15,20-21H2,1-4H3,(H,35,41)(H,36,42)(H,37,43)(H,38,44). The third-order valence-corrected chi connectivity index (χ3v) is 7.83. The summed E-state index contributed by atoms with van der Waals surface area (Å²) in [6.07, 6.45) is 9.57. The first-order valence-electron chi connectivity index (χ1n) is 16.0. The van der Waals surface area contributed by atoms with E-state index in [9.17, 15) is 29.4 Å². The highest BCUT2D eigenvalue weighted by atomic mass is 16.3. The molecule has 0 bridgehead atoms. The summed E-state index contributed by atoms with van der Waals surface area (Å²) in [5.74, 6) is -3.29. The second kappa shape index (κ2) is 18.6. The Balaban J connectivity index is 2.19. The van der Waals surface area contributed by atoms with Crippen LogP contribution in [0, 0.1) is 5.41 Å². The topological polar surface area (TPSA) is 157 Å². The Morgan fingerprint density at radius 3 is 1.41 bits per heavy atom. The van der Waals surface area contributed by atoms with Crippen molar-refractivity contribution in [2.75, 3.05) is 0 Å². The number of benzene rings is 2. The lowest BCUT2D eigenvalue weighted by molar-refractivity contribution is -0.146. The van der Waals surface area contributed by atoms with Crippen LogP contribution in [0.5, 0.6) is 11.5 Å². The fourth-order valence-corrected chi connectivity index (χ4v) is 5.17. The number of phenols is 2. The fraction of sp³-hybridized carbons (Fsp3) is 0.529. The molecule has 0 saturated heterocycles. The SMILES string of the molecule is CCCCCCC(CCC)(C(=O)NNC(=O)c1ccc(CCCC)cc1O)C(=O)NNC(=O)c1ccc(CCCC)cc1O. The van der Waals surface area contributed by atoms with E-state index in [1.807, 2.05) is 6.92 Å². The molecule has 44 heavy (non-hydrogen) atoms. The molecule has 0 saturated carbocycles. The summed E-state index contributed by atoms with van der Waals surface area (Å²) in [5, 5.41) is 20.8. The van der Waals surface area contributed by atoms with Crippen molar-refractivity contribution in [3.8, 4) is 11.5 Å². The maximum Gasteiger partial charge on any atom is 0.273 e. The Kier molecular flexibility index (Phi) is 15.2. The van der Waals surface area contributed by atoms with Gasteiger partial charge in [-0.15, -0.1) is 0 Å². The number of aromatic hydroxyl groups is 2. The highest BCUT2D eigenvalue weighted by Gasteiger charge is 2.45. The van der Waals surface area contributed by atoms with Crippen molar-refractivity contribution >= 4 is 23.6 Å². The van der Waals surface area contributed by atoms with E-state index in [1.165, 1.54) is 24.3 Å². The number of carbonyl (C=O) groups excluding carboxylic acids is 4. The van der Waals surface area contributed by atoms with Crippen molar-refractivity contribution in [2.45, 2.75) is 111 Å². The van der Waals surface area contributed by atoms with Crippen LogP contribution in [0.25, 0.3) is 0 Å². The summed E-state index contributed by atoms with van der Waals surface area (Å²) < 4.78 is 0. The molecule has 0 atom stereocenters. The third-order valence-electron chi connectivity index (χ3n) is 7.83. The van der Waals surface area contributed by atoms with Gasteiger partial charge in [-0.2, -0.15) is 0 Å². The average Bonchev–Trinajstić information content (AvgIpc) is 3.01. The van der Waals surface area contributed by atoms with Crippen LogP contribution in [0.4, 0.5) is 0 Å². The van der Waals surface area contributed by atoms with Crippen LogP contribution in [0.3, 0.4) is 0 Å². The Morgan fingerprint density at radius 2 is 1.02 bits per heavy atom. The minimum Gasteiger partial charge on any atom is -0.507 e. The van der Waals surface area contributed by atoms with Crippen LogP contribution in [0.2, 0.25) is 0 Å². The Morgan fingerprint density at radius 1 is 0.568 bits per heavy atom. The van der Waals surface area contributed by atoms with Gasteiger partial charge >= 0.3 is 0 Å². The number of carbonyl (C=O) groups is 4. The summed E-state index contributed by atoms with van der Waals surface area (Å²) in [6.45, 7) is 8.04. The van der Waals surface area contributed by atoms with Crippen LogP contribution < -0.4 is 21.7 Å². The number of rotatable bonds is 17. The van der Waals surface area contributed by atoms with E-state index < -0.39 is 29.0 Å². The summed E-state index contributed by atoms with van der Waals surface area (Å²) in [7, 11) is 0. The highest BCUT2D eigenvalue weighted by Crippen LogP contribution is 2.32. The Labute approximate surface area is 261 Å². The summed E-state index contributed by atoms with van der Waals surface area (Å²) >= 11 is 0. The molecule has 0 aliphatic rings. The minimum absolute atomic E-state index is 0.00757. The molecular weight excluding hydrogens is 560 g/mol. The fourth-order valence-electron chi connectivity index (χ4n) is 5.17. The number of hydrogen-bond acceptors (Lipinski definition) is 6. The van der Waals surface area contributed by atoms with Crippen molar-refractivity contribution in [3.05, 3.63) is 58.7 Å². The largest absolute Gasteiger partial charge is 0.507 e. The van der Waals surface area contributed by atoms with E-state index in [1.54, 1.807) is 12.1 Å². The number of unbranched alkanes of at least 4 members (excludes halogenated alkanes) is 5. The minimum atomic E-state index is -1.60. The Hall–Kier alpha value is -4.08. The monoisotopic (exact) mass is 610 g/mol. The summed E-state index contributed by atoms with van der Waals surface area (Å²) in [5.41, 5.74) is 9.66. The van der Waals surface area contributed by atoms with E-state index in [0.29, 0.717) is 12.8 Å². The van der Waals surface area contributed by atoms with Gasteiger partial charge in [0.1, 0.15) is 16.9 Å². The van der Waals surface area contributed by atoms with Crippen LogP contribution in [-0.4, -0.2) is 33.8 Å². The van der Waals surface area contributed by atoms with Gasteiger partial charge in [-0.05, 0) is 73.9 Å². The third kappa shape index (κ3) is 10.3. The van der Waals surface area contributed by atoms with Gasteiger partial charge in [0.25, 0.3) is 23.6 Å². The van der Waals surface area contributed by atoms with E-state index in [-0.39, 0.29) is 35.5 Å². The van der Waals surface area contributed by atoms with Crippen LogP contribution in [0.1, 0.15) is 130 Å². The maximum absolute atomic E-state index is 13.6. The molecule has 0 radical (unpaired) electrons. The molecule has 0 aliphatic carbocycles. The van der Waals surface area contributed by atoms with Crippen molar-refractivity contribution in [1.82, 2.24) is 21.7 Å². The number of hydrazine groups is 2. The molecule has 6 N–H and O–H groups in total. The number of nitrogens with one attached hydrogen (secondary N) is 4. The lowest BCUT2D eigenvalue weighted by atomic mass is 9.77. The van der Waals surface area contributed by atoms with Crippen molar-refractivity contribution in [2.24, 2.45) is 5.41 Å². The molecule has 0 aliphatic heterocycles. The zero-order chi connectivity index (χ0) is 32.5. The first-order chi connectivity index (χ1) is 21.1. The normalized spacial score (nSPS) is 11.1. The molecule has 0 heterocycles. The summed E-state index contributed by atoms with van der Waals surface area (Å²) in [4.78, 5) is 53.0. The van der Waals surface area contributed by atoms with Crippen molar-refractivity contribution < 1.29 is 29.4 Å². The lowest BCUT2D eigenvalue weighted by Gasteiger charge is -2.31. The Bertz CT molecular complexity index is 1180. The molecule has 0 fully saturated rings. The zero-order valence-corrected chi connectivity index (χ0v) is 26.7. The number of hydrogen-bond donors (Lipinski definition) is 6. The lowest BCUT2D eigenvalue weighted by Crippen LogP contribution is -2.58. The van der Waals surface area contributed by atoms with Gasteiger partial charge in [0.15, 0.2) is 0 Å². The molecule has 2 aromatic rings. The second-order valence-corrected chi connectivity index (χ2v) is 11.4. The van der Waals surface area contributed by atoms with Gasteiger partial charge < -0.3 is 10.2 Å². The maximum atomic E-state index is 13.6. The highest BCUT2D eigenvalue weighted by molar-refractivity contribution is 6.07. The molecule has 10 nitrogen and oxygen atoms in total. The van der Waals surface area contributed by atoms with Gasteiger partial charge in [-0.25, -0.2) is 0 Å². The van der Waals surface area contributed by atoms with Crippen LogP contribution in [0.15, 0.2) is 36.4 Å². The van der Waals surface area contributed by atoms with Gasteiger partial charge in [-0.1, -0.05) is 84.8 Å². The van der Waals surface area contributed by atoms with E-state index in [0.717, 1.165) is 68.9 Å². The van der Waals surface area contributed by atoms with Gasteiger partial charge in [0.2, 0.25) is 0 Å². The van der Waals surface area contributed by atoms with Crippen LogP contribution >= 0.6 is 0 Å². The summed E-state index contributed by atoms with van der Waals surface area (Å²) in [6, 6.07) is 9.59. The predicted octanol–water partition coefficient (Wildman–Crippen LogP) is 5.76. The van der Waals surface area contributed by atoms with Gasteiger partial charge in [-0.3, -0.25) is 40.9 Å². The molecule has 2 aromatic carbocycles. The molecule has 242 valence electrons. The predicted molar refractivity (Wildman–Crippen MR) is 171 cm³/mol. The molecule has 10 heteroatoms. The number of aryl methyl sites for hydroxylation is 2. The molecule has 0 aromatic heterocycles. The van der Waals surface area contributed by atoms with E-state index in [4.69, 9.17) is 0 Å². The van der Waals surface area contributed by atoms with Crippen LogP contribution in [-0.2, 0) is 22.4 Å². The smallest absolute Gasteiger partial charge is 0.273 e. The second-order valence-electron chi connectivity index (χ2n) is 11.4. The molecule has 0 spiro atoms. The van der Waals surface area contributed by atoms with Gasteiger partial charge in [0, 0.05) is 0 Å². The first kappa shape index (κ1) is 36.1. The van der Waals surface area contributed by atoms with Crippen molar-refractivity contribution in [3.63, 3.8) is 0 Å². The van der Waals surface area contributed by atoms with Gasteiger partial charge in [0.05, 0.1) is 11.1 Å². The molecule has 0 unspecified atom stereocenters. The first-order valence-corrected chi connectivity index (χ1v) is 16.0. The number of phenolic OH excluding ortho intramolecular Hbond substituents is 2. The average molecular weight is 611 g/mol. The quantitative estimate of drug-likeness (QED) is 0.0759. The molecule has 2 rings (SSSR count). The zero-order valence-electron chi connectivity index (χ0n) is 26.7. The van der Waals surface area contributed by atoms with Crippen molar-refractivity contribution in [1.29, 1.82) is 0 Å².